The van der Waals surface area contributed by atoms with Crippen molar-refractivity contribution in [2.24, 2.45) is 5.73 Å². The number of carbonyl (C=O) groups excluding carboxylic acids is 1. The van der Waals surface area contributed by atoms with E-state index >= 15 is 0 Å². The molecule has 132 valence electrons. The molecule has 0 bridgehead atoms. The van der Waals surface area contributed by atoms with E-state index in [-0.39, 0.29) is 30.4 Å². The Kier molecular flexibility index (Phi) is 8.26. The van der Waals surface area contributed by atoms with E-state index in [9.17, 15) is 23.1 Å². The van der Waals surface area contributed by atoms with Crippen LogP contribution in [0.2, 0.25) is 0 Å². The van der Waals surface area contributed by atoms with E-state index in [1.165, 1.54) is 0 Å². The minimum atomic E-state index is -4.54. The van der Waals surface area contributed by atoms with Gasteiger partial charge in [0.15, 0.2) is 0 Å². The smallest absolute Gasteiger partial charge is 0.386 e. The predicted molar refractivity (Wildman–Crippen MR) is 82.5 cm³/mol. The van der Waals surface area contributed by atoms with Crippen molar-refractivity contribution in [1.29, 1.82) is 0 Å². The maximum Gasteiger partial charge on any atom is 0.433 e. The number of aliphatic hydroxyl groups excluding tert-OH is 1. The maximum absolute atomic E-state index is 12.4. The van der Waals surface area contributed by atoms with Gasteiger partial charge in [-0.05, 0) is 18.9 Å². The van der Waals surface area contributed by atoms with Crippen LogP contribution in [0.25, 0.3) is 0 Å². The van der Waals surface area contributed by atoms with Crippen molar-refractivity contribution in [3.63, 3.8) is 0 Å². The van der Waals surface area contributed by atoms with Gasteiger partial charge in [-0.2, -0.15) is 13.2 Å². The van der Waals surface area contributed by atoms with Crippen LogP contribution in [0, 0.1) is 0 Å². The molecule has 2 rings (SSSR count). The summed E-state index contributed by atoms with van der Waals surface area (Å²) in [5.41, 5.74) is 4.73. The molecule has 0 saturated carbocycles. The Hall–Kier alpha value is -1.09. The Bertz CT molecular complexity index is 508. The standard InChI is InChI=1S/C13H16F3N3O2.2ClH/c14-13(15,16)9-4-3-8(7-18-9)11(20)10(17)12(21)19-5-1-2-6-19;;/h3-4,7,10-11,20H,1-2,5-6,17H2;2*1H. The number of hydrogen-bond donors (Lipinski definition) is 2. The molecule has 0 aliphatic carbocycles. The maximum atomic E-state index is 12.4. The first kappa shape index (κ1) is 21.9. The molecular weight excluding hydrogens is 358 g/mol. The van der Waals surface area contributed by atoms with Crippen LogP contribution in [0.15, 0.2) is 18.3 Å². The third-order valence-electron chi connectivity index (χ3n) is 3.46. The molecule has 1 aliphatic heterocycles. The molecule has 3 N–H and O–H groups in total. The fraction of sp³-hybridized carbons (Fsp3) is 0.538. The van der Waals surface area contributed by atoms with Crippen molar-refractivity contribution in [2.75, 3.05) is 13.1 Å². The van der Waals surface area contributed by atoms with Crippen LogP contribution in [0.3, 0.4) is 0 Å². The van der Waals surface area contributed by atoms with Gasteiger partial charge in [0.1, 0.15) is 17.8 Å². The Labute approximate surface area is 143 Å². The highest BCUT2D eigenvalue weighted by Gasteiger charge is 2.33. The quantitative estimate of drug-likeness (QED) is 0.845. The van der Waals surface area contributed by atoms with Crippen molar-refractivity contribution >= 4 is 30.7 Å². The molecule has 0 spiro atoms. The topological polar surface area (TPSA) is 79.5 Å². The first-order valence-corrected chi connectivity index (χ1v) is 6.56. The third kappa shape index (κ3) is 5.20. The summed E-state index contributed by atoms with van der Waals surface area (Å²) in [5, 5.41) is 10.0. The summed E-state index contributed by atoms with van der Waals surface area (Å²) in [7, 11) is 0. The van der Waals surface area contributed by atoms with Crippen LogP contribution in [0.5, 0.6) is 0 Å². The van der Waals surface area contributed by atoms with Gasteiger partial charge in [-0.3, -0.25) is 9.78 Å². The summed E-state index contributed by atoms with van der Waals surface area (Å²) >= 11 is 0. The van der Waals surface area contributed by atoms with E-state index in [1.54, 1.807) is 4.90 Å². The second-order valence-electron chi connectivity index (χ2n) is 4.98. The van der Waals surface area contributed by atoms with Gasteiger partial charge in [0.2, 0.25) is 5.91 Å². The van der Waals surface area contributed by atoms with Crippen molar-refractivity contribution in [3.8, 4) is 0 Å². The fourth-order valence-electron chi connectivity index (χ4n) is 2.24. The molecule has 1 aromatic heterocycles. The zero-order chi connectivity index (χ0) is 15.6. The largest absolute Gasteiger partial charge is 0.433 e. The van der Waals surface area contributed by atoms with Crippen LogP contribution in [-0.2, 0) is 11.0 Å². The molecule has 1 amide bonds. The molecule has 0 radical (unpaired) electrons. The van der Waals surface area contributed by atoms with Crippen molar-refractivity contribution < 1.29 is 23.1 Å². The number of likely N-dealkylation sites (tertiary alicyclic amines) is 1. The number of hydrogen-bond acceptors (Lipinski definition) is 4. The number of nitrogens with zero attached hydrogens (tertiary/aromatic N) is 2. The fourth-order valence-corrected chi connectivity index (χ4v) is 2.24. The zero-order valence-electron chi connectivity index (χ0n) is 12.0. The lowest BCUT2D eigenvalue weighted by atomic mass is 10.0. The number of carbonyl (C=O) groups is 1. The van der Waals surface area contributed by atoms with Crippen LogP contribution in [0.1, 0.15) is 30.2 Å². The lowest BCUT2D eigenvalue weighted by molar-refractivity contribution is -0.141. The molecule has 1 aromatic rings. The minimum absolute atomic E-state index is 0. The molecular formula is C13H18Cl2F3N3O2. The van der Waals surface area contributed by atoms with Gasteiger partial charge in [0.05, 0.1) is 0 Å². The van der Waals surface area contributed by atoms with Crippen LogP contribution >= 0.6 is 24.8 Å². The molecule has 10 heteroatoms. The first-order valence-electron chi connectivity index (χ1n) is 6.56. The zero-order valence-corrected chi connectivity index (χ0v) is 13.6. The third-order valence-corrected chi connectivity index (χ3v) is 3.46. The number of alkyl halides is 3. The van der Waals surface area contributed by atoms with E-state index in [1.807, 2.05) is 0 Å². The summed E-state index contributed by atoms with van der Waals surface area (Å²) in [5.74, 6) is -0.403. The van der Waals surface area contributed by atoms with E-state index in [2.05, 4.69) is 4.98 Å². The molecule has 5 nitrogen and oxygen atoms in total. The lowest BCUT2D eigenvalue weighted by Crippen LogP contribution is -2.45. The Morgan fingerprint density at radius 3 is 2.26 bits per heavy atom. The number of aliphatic hydroxyl groups is 1. The van der Waals surface area contributed by atoms with Crippen molar-refractivity contribution in [1.82, 2.24) is 9.88 Å². The van der Waals surface area contributed by atoms with Crippen LogP contribution < -0.4 is 5.73 Å². The molecule has 1 saturated heterocycles. The van der Waals surface area contributed by atoms with Crippen LogP contribution in [-0.4, -0.2) is 40.0 Å². The van der Waals surface area contributed by atoms with Crippen LogP contribution in [0.4, 0.5) is 13.2 Å². The minimum Gasteiger partial charge on any atom is -0.386 e. The highest BCUT2D eigenvalue weighted by molar-refractivity contribution is 5.85. The van der Waals surface area contributed by atoms with Crippen molar-refractivity contribution in [3.05, 3.63) is 29.6 Å². The number of nitrogens with two attached hydrogens (primary N) is 1. The normalized spacial score (nSPS) is 17.0. The molecule has 1 aliphatic rings. The van der Waals surface area contributed by atoms with Gasteiger partial charge in [-0.25, -0.2) is 0 Å². The predicted octanol–water partition coefficient (Wildman–Crippen LogP) is 1.93. The van der Waals surface area contributed by atoms with Gasteiger partial charge in [-0.1, -0.05) is 6.07 Å². The SMILES string of the molecule is Cl.Cl.NC(C(=O)N1CCCC1)C(O)c1ccc(C(F)(F)F)nc1. The van der Waals surface area contributed by atoms with Gasteiger partial charge in [0.25, 0.3) is 0 Å². The van der Waals surface area contributed by atoms with E-state index in [0.29, 0.717) is 13.1 Å². The molecule has 2 unspecified atom stereocenters. The number of aromatic nitrogens is 1. The van der Waals surface area contributed by atoms with Gasteiger partial charge in [0, 0.05) is 24.8 Å². The van der Waals surface area contributed by atoms with Crippen molar-refractivity contribution in [2.45, 2.75) is 31.2 Å². The number of halogens is 5. The van der Waals surface area contributed by atoms with E-state index < -0.39 is 29.9 Å². The first-order chi connectivity index (χ1) is 9.80. The molecule has 23 heavy (non-hydrogen) atoms. The Morgan fingerprint density at radius 1 is 1.26 bits per heavy atom. The second kappa shape index (κ2) is 8.68. The summed E-state index contributed by atoms with van der Waals surface area (Å²) < 4.78 is 37.2. The molecule has 2 heterocycles. The summed E-state index contributed by atoms with van der Waals surface area (Å²) in [6.07, 6.45) is -3.26. The summed E-state index contributed by atoms with van der Waals surface area (Å²) in [6.45, 7) is 1.18. The number of amides is 1. The Morgan fingerprint density at radius 2 is 1.83 bits per heavy atom. The van der Waals surface area contributed by atoms with E-state index in [4.69, 9.17) is 5.73 Å². The second-order valence-corrected chi connectivity index (χ2v) is 4.98. The molecule has 1 fully saturated rings. The van der Waals surface area contributed by atoms with Gasteiger partial charge >= 0.3 is 6.18 Å². The summed E-state index contributed by atoms with van der Waals surface area (Å²) in [4.78, 5) is 16.8. The number of rotatable bonds is 3. The summed E-state index contributed by atoms with van der Waals surface area (Å²) in [6, 6.07) is 0.630. The monoisotopic (exact) mass is 375 g/mol. The highest BCUT2D eigenvalue weighted by atomic mass is 35.5. The van der Waals surface area contributed by atoms with Gasteiger partial charge in [-0.15, -0.1) is 24.8 Å². The highest BCUT2D eigenvalue weighted by Crippen LogP contribution is 2.28. The molecule has 0 aromatic carbocycles. The molecule has 2 atom stereocenters. The Balaban J connectivity index is 0.00000242. The lowest BCUT2D eigenvalue weighted by Gasteiger charge is -2.24. The van der Waals surface area contributed by atoms with E-state index in [0.717, 1.165) is 31.2 Å². The van der Waals surface area contributed by atoms with Gasteiger partial charge < -0.3 is 15.7 Å². The average Bonchev–Trinajstić information content (AvgIpc) is 2.98. The number of pyridine rings is 1. The average molecular weight is 376 g/mol.